The maximum absolute atomic E-state index is 5.26. The Morgan fingerprint density at radius 3 is 0.938 bits per heavy atom. The van der Waals surface area contributed by atoms with Crippen molar-refractivity contribution >= 4 is 0 Å². The first-order valence-electron chi connectivity index (χ1n) is 10.9. The standard InChI is InChI=1S/C30H24N2/c1-21-13-17-25(18-14-21)29-30(26-19-15-22(2)16-20-26)32-28(24-11-7-4-8-12-24)27(31-29)23-9-5-3-6-10-23/h3-20H,1-2H3. The smallest absolute Gasteiger partial charge is 0.0973 e. The average Bonchev–Trinajstić information content (AvgIpc) is 2.85. The van der Waals surface area contributed by atoms with Gasteiger partial charge in [0.2, 0.25) is 0 Å². The summed E-state index contributed by atoms with van der Waals surface area (Å²) in [4.78, 5) is 10.5. The molecule has 2 nitrogen and oxygen atoms in total. The second-order valence-corrected chi connectivity index (χ2v) is 8.08. The van der Waals surface area contributed by atoms with Gasteiger partial charge in [0.15, 0.2) is 0 Å². The lowest BCUT2D eigenvalue weighted by atomic mass is 9.98. The Labute approximate surface area is 189 Å². The molecular weight excluding hydrogens is 388 g/mol. The molecule has 5 rings (SSSR count). The Bertz CT molecular complexity index is 1230. The largest absolute Gasteiger partial charge is 0.243 e. The SMILES string of the molecule is Cc1ccc(-c2nc(-c3ccccc3)c(-c3ccccc3)nc2-c2ccc(C)cc2)cc1. The van der Waals surface area contributed by atoms with Crippen molar-refractivity contribution in [1.82, 2.24) is 9.97 Å². The van der Waals surface area contributed by atoms with Gasteiger partial charge in [0.1, 0.15) is 0 Å². The highest BCUT2D eigenvalue weighted by atomic mass is 14.9. The molecular formula is C30H24N2. The van der Waals surface area contributed by atoms with Gasteiger partial charge in [-0.3, -0.25) is 0 Å². The third-order valence-electron chi connectivity index (χ3n) is 5.64. The molecule has 0 saturated carbocycles. The molecule has 0 N–H and O–H groups in total. The first-order valence-corrected chi connectivity index (χ1v) is 10.9. The van der Waals surface area contributed by atoms with Gasteiger partial charge in [-0.05, 0) is 13.8 Å². The van der Waals surface area contributed by atoms with Crippen LogP contribution in [0.25, 0.3) is 45.0 Å². The Morgan fingerprint density at radius 2 is 0.625 bits per heavy atom. The first kappa shape index (κ1) is 19.9. The highest BCUT2D eigenvalue weighted by Gasteiger charge is 2.19. The number of aryl methyl sites for hydroxylation is 2. The van der Waals surface area contributed by atoms with Gasteiger partial charge < -0.3 is 0 Å². The zero-order valence-electron chi connectivity index (χ0n) is 18.3. The monoisotopic (exact) mass is 412 g/mol. The van der Waals surface area contributed by atoms with Gasteiger partial charge >= 0.3 is 0 Å². The van der Waals surface area contributed by atoms with Gasteiger partial charge in [-0.15, -0.1) is 0 Å². The number of aromatic nitrogens is 2. The summed E-state index contributed by atoms with van der Waals surface area (Å²) in [5, 5.41) is 0. The molecule has 5 aromatic rings. The summed E-state index contributed by atoms with van der Waals surface area (Å²) >= 11 is 0. The van der Waals surface area contributed by atoms with E-state index in [2.05, 4.69) is 86.6 Å². The van der Waals surface area contributed by atoms with Crippen molar-refractivity contribution in [3.8, 4) is 45.0 Å². The van der Waals surface area contributed by atoms with Crippen LogP contribution in [0.2, 0.25) is 0 Å². The first-order chi connectivity index (χ1) is 15.7. The van der Waals surface area contributed by atoms with Gasteiger partial charge in [0, 0.05) is 22.3 Å². The molecule has 0 aliphatic rings. The Hall–Kier alpha value is -4.04. The molecule has 0 radical (unpaired) electrons. The van der Waals surface area contributed by atoms with Crippen LogP contribution in [0, 0.1) is 13.8 Å². The van der Waals surface area contributed by atoms with Crippen molar-refractivity contribution in [2.24, 2.45) is 0 Å². The van der Waals surface area contributed by atoms with Crippen LogP contribution in [-0.4, -0.2) is 9.97 Å². The molecule has 2 heteroatoms. The van der Waals surface area contributed by atoms with E-state index in [4.69, 9.17) is 9.97 Å². The van der Waals surface area contributed by atoms with E-state index in [1.807, 2.05) is 36.4 Å². The quantitative estimate of drug-likeness (QED) is 0.301. The predicted octanol–water partition coefficient (Wildman–Crippen LogP) is 7.76. The molecule has 154 valence electrons. The van der Waals surface area contributed by atoms with Crippen LogP contribution in [0.1, 0.15) is 11.1 Å². The lowest BCUT2D eigenvalue weighted by molar-refractivity contribution is 1.21. The summed E-state index contributed by atoms with van der Waals surface area (Å²) in [5.41, 5.74) is 10.3. The highest BCUT2D eigenvalue weighted by molar-refractivity contribution is 5.86. The van der Waals surface area contributed by atoms with Crippen LogP contribution in [0.15, 0.2) is 109 Å². The van der Waals surface area contributed by atoms with Crippen molar-refractivity contribution in [2.45, 2.75) is 13.8 Å². The molecule has 0 amide bonds. The maximum atomic E-state index is 5.26. The van der Waals surface area contributed by atoms with Crippen LogP contribution in [-0.2, 0) is 0 Å². The maximum Gasteiger partial charge on any atom is 0.0973 e. The Kier molecular flexibility index (Phi) is 5.35. The molecule has 1 heterocycles. The Morgan fingerprint density at radius 1 is 0.344 bits per heavy atom. The number of benzene rings is 4. The lowest BCUT2D eigenvalue weighted by Crippen LogP contribution is -2.00. The summed E-state index contributed by atoms with van der Waals surface area (Å²) in [6.07, 6.45) is 0. The molecule has 0 aliphatic heterocycles. The third-order valence-corrected chi connectivity index (χ3v) is 5.64. The van der Waals surface area contributed by atoms with Crippen molar-refractivity contribution < 1.29 is 0 Å². The Balaban J connectivity index is 1.83. The molecule has 0 bridgehead atoms. The molecule has 4 aromatic carbocycles. The van der Waals surface area contributed by atoms with E-state index in [1.54, 1.807) is 0 Å². The second kappa shape index (κ2) is 8.60. The fourth-order valence-electron chi connectivity index (χ4n) is 3.86. The topological polar surface area (TPSA) is 25.8 Å². The van der Waals surface area contributed by atoms with Crippen LogP contribution >= 0.6 is 0 Å². The lowest BCUT2D eigenvalue weighted by Gasteiger charge is -2.16. The summed E-state index contributed by atoms with van der Waals surface area (Å²) in [6.45, 7) is 4.20. The van der Waals surface area contributed by atoms with E-state index in [9.17, 15) is 0 Å². The van der Waals surface area contributed by atoms with E-state index in [1.165, 1.54) is 11.1 Å². The van der Waals surface area contributed by atoms with E-state index in [0.717, 1.165) is 45.0 Å². The average molecular weight is 413 g/mol. The summed E-state index contributed by atoms with van der Waals surface area (Å²) in [5.74, 6) is 0. The van der Waals surface area contributed by atoms with Crippen molar-refractivity contribution in [3.63, 3.8) is 0 Å². The fraction of sp³-hybridized carbons (Fsp3) is 0.0667. The van der Waals surface area contributed by atoms with E-state index < -0.39 is 0 Å². The zero-order chi connectivity index (χ0) is 21.9. The molecule has 0 saturated heterocycles. The molecule has 0 spiro atoms. The minimum Gasteiger partial charge on any atom is -0.243 e. The molecule has 32 heavy (non-hydrogen) atoms. The van der Waals surface area contributed by atoms with Crippen LogP contribution < -0.4 is 0 Å². The van der Waals surface area contributed by atoms with Gasteiger partial charge in [-0.2, -0.15) is 0 Å². The van der Waals surface area contributed by atoms with Crippen LogP contribution in [0.4, 0.5) is 0 Å². The molecule has 0 aliphatic carbocycles. The van der Waals surface area contributed by atoms with Crippen molar-refractivity contribution in [1.29, 1.82) is 0 Å². The van der Waals surface area contributed by atoms with Crippen LogP contribution in [0.5, 0.6) is 0 Å². The molecule has 1 aromatic heterocycles. The van der Waals surface area contributed by atoms with Gasteiger partial charge in [-0.1, -0.05) is 120 Å². The van der Waals surface area contributed by atoms with E-state index >= 15 is 0 Å². The fourth-order valence-corrected chi connectivity index (χ4v) is 3.86. The molecule has 0 unspecified atom stereocenters. The van der Waals surface area contributed by atoms with E-state index in [0.29, 0.717) is 0 Å². The van der Waals surface area contributed by atoms with Crippen LogP contribution in [0.3, 0.4) is 0 Å². The predicted molar refractivity (Wildman–Crippen MR) is 133 cm³/mol. The number of rotatable bonds is 4. The summed E-state index contributed by atoms with van der Waals surface area (Å²) < 4.78 is 0. The van der Waals surface area contributed by atoms with Gasteiger partial charge in [0.05, 0.1) is 22.8 Å². The highest BCUT2D eigenvalue weighted by Crippen LogP contribution is 2.37. The van der Waals surface area contributed by atoms with Gasteiger partial charge in [-0.25, -0.2) is 9.97 Å². The number of hydrogen-bond donors (Lipinski definition) is 0. The van der Waals surface area contributed by atoms with Gasteiger partial charge in [0.25, 0.3) is 0 Å². The minimum atomic E-state index is 0.892. The normalized spacial score (nSPS) is 10.8. The minimum absolute atomic E-state index is 0.892. The summed E-state index contributed by atoms with van der Waals surface area (Å²) in [7, 11) is 0. The second-order valence-electron chi connectivity index (χ2n) is 8.08. The molecule has 0 fully saturated rings. The number of nitrogens with zero attached hydrogens (tertiary/aromatic N) is 2. The van der Waals surface area contributed by atoms with Crippen molar-refractivity contribution in [3.05, 3.63) is 120 Å². The molecule has 0 atom stereocenters. The number of hydrogen-bond acceptors (Lipinski definition) is 2. The summed E-state index contributed by atoms with van der Waals surface area (Å²) in [6, 6.07) is 37.7. The third kappa shape index (κ3) is 3.95. The van der Waals surface area contributed by atoms with Crippen molar-refractivity contribution in [2.75, 3.05) is 0 Å². The zero-order valence-corrected chi connectivity index (χ0v) is 18.3. The van der Waals surface area contributed by atoms with E-state index in [-0.39, 0.29) is 0 Å².